The maximum atomic E-state index is 6.57. The van der Waals surface area contributed by atoms with Gasteiger partial charge in [0.25, 0.3) is 0 Å². The average molecular weight is 580 g/mol. The lowest BCUT2D eigenvalue weighted by atomic mass is 10.0. The first-order valence-electron chi connectivity index (χ1n) is 15.0. The van der Waals surface area contributed by atoms with Crippen LogP contribution in [-0.2, 0) is 6.54 Å². The standard InChI is InChI=1S/C41H29N3O/c1-42-39(30-14-6-3-7-15-30)41-40(43-27-28-12-4-2-5-13-28)35-25-22-31(26-38(35)45-41)29-20-23-32(24-21-29)44-36-18-10-8-16-33(36)34-17-9-11-19-37(34)44/h2-26H,1,27H2/b41-39+,43-40?. The number of hydrogen-bond acceptors (Lipinski definition) is 3. The molecule has 1 aliphatic rings. The summed E-state index contributed by atoms with van der Waals surface area (Å²) in [6.45, 7) is 4.42. The van der Waals surface area contributed by atoms with Crippen LogP contribution in [0.25, 0.3) is 44.3 Å². The second-order valence-electron chi connectivity index (χ2n) is 11.1. The minimum atomic E-state index is 0.535. The number of fused-ring (bicyclic) bond motifs is 4. The highest BCUT2D eigenvalue weighted by Gasteiger charge is 2.29. The SMILES string of the molecule is C=N/C(=C1/Oc2cc(-c3ccc(-n4c5ccccc5c5ccccc54)cc3)ccc2C1=NCc1ccccc1)c1ccccc1. The molecule has 2 heterocycles. The number of allylic oxidation sites excluding steroid dienone is 1. The number of nitrogens with zero attached hydrogens (tertiary/aromatic N) is 3. The topological polar surface area (TPSA) is 38.9 Å². The number of benzene rings is 6. The maximum Gasteiger partial charge on any atom is 0.179 e. The molecular weight excluding hydrogens is 550 g/mol. The Morgan fingerprint density at radius 1 is 0.622 bits per heavy atom. The number of rotatable bonds is 6. The van der Waals surface area contributed by atoms with Crippen LogP contribution < -0.4 is 4.74 Å². The van der Waals surface area contributed by atoms with Gasteiger partial charge in [0.05, 0.1) is 17.6 Å². The maximum absolute atomic E-state index is 6.57. The first kappa shape index (κ1) is 26.6. The van der Waals surface area contributed by atoms with Crippen LogP contribution in [0.4, 0.5) is 0 Å². The predicted octanol–water partition coefficient (Wildman–Crippen LogP) is 9.90. The van der Waals surface area contributed by atoms with Gasteiger partial charge in [-0.05, 0) is 59.8 Å². The summed E-state index contributed by atoms with van der Waals surface area (Å²) in [5.74, 6) is 1.39. The van der Waals surface area contributed by atoms with Crippen LogP contribution in [0, 0.1) is 0 Å². The zero-order valence-corrected chi connectivity index (χ0v) is 24.6. The summed E-state index contributed by atoms with van der Waals surface area (Å²) in [7, 11) is 0. The smallest absolute Gasteiger partial charge is 0.179 e. The van der Waals surface area contributed by atoms with Crippen molar-refractivity contribution in [3.8, 4) is 22.6 Å². The molecule has 0 N–H and O–H groups in total. The molecule has 1 aromatic heterocycles. The second-order valence-corrected chi connectivity index (χ2v) is 11.1. The molecule has 0 fully saturated rings. The van der Waals surface area contributed by atoms with E-state index in [1.807, 2.05) is 48.5 Å². The van der Waals surface area contributed by atoms with Crippen molar-refractivity contribution in [1.29, 1.82) is 0 Å². The summed E-state index contributed by atoms with van der Waals surface area (Å²) in [6, 6.07) is 52.5. The Bertz CT molecular complexity index is 2210. The highest BCUT2D eigenvalue weighted by molar-refractivity contribution is 6.19. The van der Waals surface area contributed by atoms with Crippen LogP contribution in [0.2, 0.25) is 0 Å². The summed E-state index contributed by atoms with van der Waals surface area (Å²) in [6.07, 6.45) is 0. The van der Waals surface area contributed by atoms with Crippen LogP contribution in [0.1, 0.15) is 16.7 Å². The van der Waals surface area contributed by atoms with E-state index < -0.39 is 0 Å². The van der Waals surface area contributed by atoms with Gasteiger partial charge in [0.15, 0.2) is 5.76 Å². The van der Waals surface area contributed by atoms with E-state index in [9.17, 15) is 0 Å². The van der Waals surface area contributed by atoms with Gasteiger partial charge in [-0.1, -0.05) is 115 Å². The van der Waals surface area contributed by atoms with Gasteiger partial charge in [0, 0.05) is 27.6 Å². The molecule has 6 aromatic carbocycles. The molecule has 8 rings (SSSR count). The molecule has 4 nitrogen and oxygen atoms in total. The lowest BCUT2D eigenvalue weighted by Gasteiger charge is -2.10. The molecule has 0 saturated carbocycles. The zero-order valence-electron chi connectivity index (χ0n) is 24.6. The van der Waals surface area contributed by atoms with E-state index >= 15 is 0 Å². The van der Waals surface area contributed by atoms with Crippen LogP contribution in [0.5, 0.6) is 5.75 Å². The molecule has 4 heteroatoms. The van der Waals surface area contributed by atoms with Crippen LogP contribution in [-0.4, -0.2) is 17.0 Å². The normalized spacial score (nSPS) is 14.4. The molecule has 0 spiro atoms. The lowest BCUT2D eigenvalue weighted by molar-refractivity contribution is 0.470. The molecule has 0 amide bonds. The van der Waals surface area contributed by atoms with Gasteiger partial charge in [0.2, 0.25) is 0 Å². The van der Waals surface area contributed by atoms with Crippen molar-refractivity contribution in [1.82, 2.24) is 4.57 Å². The van der Waals surface area contributed by atoms with Crippen molar-refractivity contribution in [2.24, 2.45) is 9.98 Å². The van der Waals surface area contributed by atoms with E-state index in [4.69, 9.17) is 9.73 Å². The van der Waals surface area contributed by atoms with Gasteiger partial charge in [-0.3, -0.25) is 9.98 Å². The van der Waals surface area contributed by atoms with Crippen molar-refractivity contribution in [3.63, 3.8) is 0 Å². The lowest BCUT2D eigenvalue weighted by Crippen LogP contribution is -2.05. The van der Waals surface area contributed by atoms with Crippen molar-refractivity contribution in [3.05, 3.63) is 174 Å². The van der Waals surface area contributed by atoms with E-state index in [1.54, 1.807) is 0 Å². The molecule has 7 aromatic rings. The van der Waals surface area contributed by atoms with Gasteiger partial charge < -0.3 is 9.30 Å². The van der Waals surface area contributed by atoms with Gasteiger partial charge in [-0.2, -0.15) is 0 Å². The first-order valence-corrected chi connectivity index (χ1v) is 15.0. The van der Waals surface area contributed by atoms with Crippen molar-refractivity contribution < 1.29 is 4.74 Å². The van der Waals surface area contributed by atoms with Gasteiger partial charge in [-0.25, -0.2) is 0 Å². The summed E-state index contributed by atoms with van der Waals surface area (Å²) in [4.78, 5) is 9.45. The minimum absolute atomic E-state index is 0.535. The summed E-state index contributed by atoms with van der Waals surface area (Å²) < 4.78 is 8.90. The van der Waals surface area contributed by atoms with Crippen molar-refractivity contribution >= 4 is 39.9 Å². The quantitative estimate of drug-likeness (QED) is 0.181. The predicted molar refractivity (Wildman–Crippen MR) is 186 cm³/mol. The molecule has 0 unspecified atom stereocenters. The molecule has 0 bridgehead atoms. The summed E-state index contributed by atoms with van der Waals surface area (Å²) in [5, 5.41) is 2.51. The Morgan fingerprint density at radius 2 is 1.22 bits per heavy atom. The molecule has 214 valence electrons. The number of aromatic nitrogens is 1. The van der Waals surface area contributed by atoms with Crippen molar-refractivity contribution in [2.45, 2.75) is 6.54 Å². The minimum Gasteiger partial charge on any atom is -0.452 e. The van der Waals surface area contributed by atoms with Crippen molar-refractivity contribution in [2.75, 3.05) is 0 Å². The molecule has 0 saturated heterocycles. The number of ether oxygens (including phenoxy) is 1. The second kappa shape index (κ2) is 11.3. The Labute approximate surface area is 261 Å². The van der Waals surface area contributed by atoms with Crippen LogP contribution in [0.15, 0.2) is 167 Å². The fourth-order valence-electron chi connectivity index (χ4n) is 6.23. The van der Waals surface area contributed by atoms with Crippen LogP contribution >= 0.6 is 0 Å². The Kier molecular flexibility index (Phi) is 6.65. The first-order chi connectivity index (χ1) is 22.3. The molecule has 0 radical (unpaired) electrons. The number of hydrogen-bond donors (Lipinski definition) is 0. The fourth-order valence-corrected chi connectivity index (χ4v) is 6.23. The average Bonchev–Trinajstić information content (AvgIpc) is 3.64. The third-order valence-electron chi connectivity index (χ3n) is 8.39. The van der Waals surface area contributed by atoms with E-state index in [1.165, 1.54) is 21.8 Å². The zero-order chi connectivity index (χ0) is 30.2. The molecule has 0 aliphatic carbocycles. The fraction of sp³-hybridized carbons (Fsp3) is 0.0244. The highest BCUT2D eigenvalue weighted by atomic mass is 16.5. The molecule has 0 atom stereocenters. The monoisotopic (exact) mass is 579 g/mol. The van der Waals surface area contributed by atoms with E-state index in [2.05, 4.69) is 119 Å². The number of para-hydroxylation sites is 2. The Balaban J connectivity index is 1.19. The number of aliphatic imine (C=N–C) groups is 2. The third-order valence-corrected chi connectivity index (χ3v) is 8.39. The largest absolute Gasteiger partial charge is 0.452 e. The van der Waals surface area contributed by atoms with Crippen LogP contribution in [0.3, 0.4) is 0 Å². The van der Waals surface area contributed by atoms with Gasteiger partial charge in [0.1, 0.15) is 17.2 Å². The molecular formula is C41H29N3O. The van der Waals surface area contributed by atoms with E-state index in [-0.39, 0.29) is 0 Å². The van der Waals surface area contributed by atoms with E-state index in [0.29, 0.717) is 18.0 Å². The molecule has 45 heavy (non-hydrogen) atoms. The van der Waals surface area contributed by atoms with Gasteiger partial charge in [-0.15, -0.1) is 0 Å². The Morgan fingerprint density at radius 3 is 1.89 bits per heavy atom. The highest BCUT2D eigenvalue weighted by Crippen LogP contribution is 2.39. The summed E-state index contributed by atoms with van der Waals surface area (Å²) >= 11 is 0. The van der Waals surface area contributed by atoms with Gasteiger partial charge >= 0.3 is 0 Å². The Hall–Kier alpha value is -6.00. The van der Waals surface area contributed by atoms with E-state index in [0.717, 1.165) is 45.0 Å². The third kappa shape index (κ3) is 4.73. The summed E-state index contributed by atoms with van der Waals surface area (Å²) in [5.41, 5.74) is 10.2. The molecule has 1 aliphatic heterocycles.